The molecule has 0 aromatic rings. The third-order valence-electron chi connectivity index (χ3n) is 2.46. The SMILES string of the molecule is CCC[SH2+].CCC[SH2+].CCC[SH2+].[CH]1[CH][CH][CH][CH]1.[CH]1[CH][CH][CH][CH]1.[CH]1[CH][CH][CH][CH]1.[Ru]1=[Ru]=[Ru]=1. The molecule has 1 heterocycles. The Balaban J connectivity index is -0.000000285. The van der Waals surface area contributed by atoms with Crippen molar-refractivity contribution in [3.05, 3.63) is 96.3 Å². The Morgan fingerprint density at radius 3 is 0.500 bits per heavy atom. The third kappa shape index (κ3) is 57.6. The first-order valence-corrected chi connectivity index (χ1v) is 24.9. The number of hydrogen-bond donors (Lipinski definition) is 0. The number of hydrogen-bond acceptors (Lipinski definition) is 0. The van der Waals surface area contributed by atoms with Crippen molar-refractivity contribution in [2.45, 2.75) is 40.0 Å². The van der Waals surface area contributed by atoms with E-state index in [1.165, 1.54) is 19.3 Å². The minimum atomic E-state index is 1.12. The fourth-order valence-corrected chi connectivity index (χ4v) is 0.962. The van der Waals surface area contributed by atoms with Crippen LogP contribution >= 0.6 is 0 Å². The molecule has 4 aliphatic rings. The van der Waals surface area contributed by atoms with Crippen LogP contribution < -0.4 is 0 Å². The summed E-state index contributed by atoms with van der Waals surface area (Å²) in [6, 6.07) is 0. The van der Waals surface area contributed by atoms with Crippen molar-refractivity contribution in [3.8, 4) is 0 Å². The average Bonchev–Trinajstić information content (AvgIpc) is 3.35. The molecule has 0 saturated heterocycles. The van der Waals surface area contributed by atoms with Gasteiger partial charge in [0.25, 0.3) is 0 Å². The molecule has 177 valence electrons. The van der Waals surface area contributed by atoms with Crippen molar-refractivity contribution in [1.82, 2.24) is 0 Å². The van der Waals surface area contributed by atoms with Gasteiger partial charge >= 0.3 is 32.9 Å². The van der Waals surface area contributed by atoms with Crippen molar-refractivity contribution in [3.63, 3.8) is 0 Å². The molecule has 3 saturated carbocycles. The Morgan fingerprint density at radius 1 is 0.367 bits per heavy atom. The summed E-state index contributed by atoms with van der Waals surface area (Å²) in [5.41, 5.74) is 0. The topological polar surface area (TPSA) is 0 Å². The molecule has 0 amide bonds. The van der Waals surface area contributed by atoms with Crippen LogP contribution in [-0.2, 0) is 70.8 Å². The van der Waals surface area contributed by atoms with E-state index in [0.717, 1.165) is 50.2 Å². The fourth-order valence-electron chi connectivity index (χ4n) is 0.962. The summed E-state index contributed by atoms with van der Waals surface area (Å²) >= 11 is 9.86. The van der Waals surface area contributed by atoms with Gasteiger partial charge in [-0.1, -0.05) is 20.8 Å². The van der Waals surface area contributed by atoms with E-state index in [9.17, 15) is 0 Å². The van der Waals surface area contributed by atoms with Gasteiger partial charge in [-0.05, 0) is 153 Å². The summed E-state index contributed by atoms with van der Waals surface area (Å²) in [4.78, 5) is 0. The van der Waals surface area contributed by atoms with Crippen molar-refractivity contribution in [1.29, 1.82) is 0 Å². The van der Waals surface area contributed by atoms with Crippen LogP contribution in [0.1, 0.15) is 40.0 Å². The molecule has 0 spiro atoms. The van der Waals surface area contributed by atoms with Gasteiger partial charge in [0.15, 0.2) is 0 Å². The van der Waals surface area contributed by atoms with Crippen LogP contribution in [0.3, 0.4) is 0 Å². The van der Waals surface area contributed by atoms with Crippen molar-refractivity contribution < 1.29 is 32.9 Å². The second-order valence-corrected chi connectivity index (χ2v) is 34.1. The van der Waals surface area contributed by atoms with E-state index in [1.54, 1.807) is 0 Å². The van der Waals surface area contributed by atoms with Gasteiger partial charge < -0.3 is 0 Å². The molecule has 3 fully saturated rings. The molecule has 0 aromatic carbocycles. The Bertz CT molecular complexity index is 278. The molecular formula is C24H42Ru3S3+3. The van der Waals surface area contributed by atoms with E-state index in [0.29, 0.717) is 0 Å². The summed E-state index contributed by atoms with van der Waals surface area (Å²) in [5, 5.41) is 0. The Morgan fingerprint density at radius 2 is 0.467 bits per heavy atom. The first-order chi connectivity index (χ1) is 14.7. The van der Waals surface area contributed by atoms with E-state index in [-0.39, 0.29) is 0 Å². The van der Waals surface area contributed by atoms with Gasteiger partial charge in [0.1, 0.15) is 17.3 Å². The molecule has 30 heavy (non-hydrogen) atoms. The number of rotatable bonds is 3. The Labute approximate surface area is 222 Å². The zero-order valence-corrected chi connectivity index (χ0v) is 26.7. The fraction of sp³-hybridized carbons (Fsp3) is 0.375. The predicted molar refractivity (Wildman–Crippen MR) is 140 cm³/mol. The zero-order valence-electron chi connectivity index (χ0n) is 18.5. The van der Waals surface area contributed by atoms with E-state index >= 15 is 0 Å². The van der Waals surface area contributed by atoms with E-state index in [2.05, 4.69) is 58.7 Å². The summed E-state index contributed by atoms with van der Waals surface area (Å²) in [6.07, 6.45) is 33.7. The molecule has 15 radical (unpaired) electrons. The standard InChI is InChI=1S/3C5H5.3C3H8S.3Ru/c3*1-2-4-5-3-1;3*1-2-3-4;;;/h3*1-5H;3*4H,2-3H2,1H3;;;/p+3. The van der Waals surface area contributed by atoms with Crippen LogP contribution in [0.4, 0.5) is 0 Å². The van der Waals surface area contributed by atoms with Crippen molar-refractivity contribution in [2.24, 2.45) is 0 Å². The van der Waals surface area contributed by atoms with E-state index < -0.39 is 0 Å². The van der Waals surface area contributed by atoms with Crippen LogP contribution in [0.15, 0.2) is 0 Å². The average molecular weight is 730 g/mol. The van der Waals surface area contributed by atoms with Crippen LogP contribution in [-0.4, -0.2) is 17.3 Å². The van der Waals surface area contributed by atoms with Crippen LogP contribution in [0.5, 0.6) is 0 Å². The van der Waals surface area contributed by atoms with Gasteiger partial charge in [0.2, 0.25) is 0 Å². The maximum atomic E-state index is 3.29. The molecule has 0 bridgehead atoms. The van der Waals surface area contributed by atoms with Gasteiger partial charge in [-0.3, -0.25) is 0 Å². The zero-order chi connectivity index (χ0) is 23.0. The van der Waals surface area contributed by atoms with E-state index in [1.807, 2.05) is 96.3 Å². The predicted octanol–water partition coefficient (Wildman–Crippen LogP) is 4.28. The summed E-state index contributed by atoms with van der Waals surface area (Å²) < 4.78 is 0. The molecule has 1 aliphatic heterocycles. The molecule has 0 nitrogen and oxygen atoms in total. The first kappa shape index (κ1) is 37.5. The van der Waals surface area contributed by atoms with Crippen molar-refractivity contribution in [2.75, 3.05) is 17.3 Å². The monoisotopic (exact) mass is 732 g/mol. The third-order valence-corrected chi connectivity index (χ3v) is 13.1. The van der Waals surface area contributed by atoms with Gasteiger partial charge in [0.05, 0.1) is 0 Å². The van der Waals surface area contributed by atoms with Gasteiger partial charge in [-0.2, -0.15) is 0 Å². The summed E-state index contributed by atoms with van der Waals surface area (Å²) in [6.45, 7) is 6.40. The molecule has 0 atom stereocenters. The molecule has 0 aromatic heterocycles. The molecular weight excluding hydrogens is 688 g/mol. The minimum absolute atomic E-state index is 1.12. The van der Waals surface area contributed by atoms with Crippen LogP contribution in [0.2, 0.25) is 0 Å². The molecule has 0 N–H and O–H groups in total. The van der Waals surface area contributed by atoms with E-state index in [4.69, 9.17) is 0 Å². The Kier molecular flexibility index (Phi) is 52.6. The van der Waals surface area contributed by atoms with Crippen LogP contribution in [0.25, 0.3) is 0 Å². The molecule has 6 heteroatoms. The maximum absolute atomic E-state index is 3.29. The van der Waals surface area contributed by atoms with Crippen LogP contribution in [0, 0.1) is 96.3 Å². The Hall–Kier alpha value is 2.92. The molecule has 0 unspecified atom stereocenters. The summed E-state index contributed by atoms with van der Waals surface area (Å²) in [5.74, 6) is 3.38. The van der Waals surface area contributed by atoms with Gasteiger partial charge in [0, 0.05) is 0 Å². The second kappa shape index (κ2) is 42.1. The van der Waals surface area contributed by atoms with Gasteiger partial charge in [-0.25, -0.2) is 0 Å². The molecule has 4 rings (SSSR count). The second-order valence-electron chi connectivity index (χ2n) is 5.27. The molecule has 3 aliphatic carbocycles. The normalized spacial score (nSPS) is 17.4. The quantitative estimate of drug-likeness (QED) is 0.322. The van der Waals surface area contributed by atoms with Crippen molar-refractivity contribution >= 4 is 37.9 Å². The van der Waals surface area contributed by atoms with Gasteiger partial charge in [-0.15, -0.1) is 0 Å². The first-order valence-electron chi connectivity index (χ1n) is 10.1. The summed E-state index contributed by atoms with van der Waals surface area (Å²) in [7, 11) is 3.42.